The van der Waals surface area contributed by atoms with E-state index in [1.54, 1.807) is 6.92 Å². The van der Waals surface area contributed by atoms with Crippen LogP contribution in [-0.4, -0.2) is 29.2 Å². The predicted octanol–water partition coefficient (Wildman–Crippen LogP) is 4.68. The van der Waals surface area contributed by atoms with Crippen LogP contribution in [0, 0.1) is 17.6 Å². The molecule has 180 valence electrons. The van der Waals surface area contributed by atoms with Gasteiger partial charge < -0.3 is 15.7 Å². The minimum atomic E-state index is -1.08. The molecule has 0 bridgehead atoms. The van der Waals surface area contributed by atoms with Gasteiger partial charge in [-0.1, -0.05) is 44.0 Å². The second kappa shape index (κ2) is 11.7. The third-order valence-corrected chi connectivity index (χ3v) is 6.67. The summed E-state index contributed by atoms with van der Waals surface area (Å²) in [6.45, 7) is 4.65. The van der Waals surface area contributed by atoms with E-state index in [9.17, 15) is 18.7 Å². The van der Waals surface area contributed by atoms with Crippen molar-refractivity contribution in [3.63, 3.8) is 0 Å². The molecule has 33 heavy (non-hydrogen) atoms. The van der Waals surface area contributed by atoms with Gasteiger partial charge in [-0.05, 0) is 67.3 Å². The van der Waals surface area contributed by atoms with E-state index in [4.69, 9.17) is 0 Å². The van der Waals surface area contributed by atoms with Gasteiger partial charge in [0.05, 0.1) is 11.6 Å². The predicted molar refractivity (Wildman–Crippen MR) is 127 cm³/mol. The summed E-state index contributed by atoms with van der Waals surface area (Å²) < 4.78 is 27.6. The van der Waals surface area contributed by atoms with Crippen LogP contribution in [0.4, 0.5) is 8.78 Å². The van der Waals surface area contributed by atoms with Gasteiger partial charge in [0.1, 0.15) is 11.6 Å². The molecule has 1 amide bonds. The van der Waals surface area contributed by atoms with E-state index in [-0.39, 0.29) is 18.9 Å². The number of nitrogens with one attached hydrogen (secondary N) is 2. The van der Waals surface area contributed by atoms with Crippen molar-refractivity contribution < 1.29 is 18.7 Å². The number of aryl methyl sites for hydroxylation is 1. The van der Waals surface area contributed by atoms with Crippen molar-refractivity contribution in [3.8, 4) is 0 Å². The van der Waals surface area contributed by atoms with Gasteiger partial charge in [0.25, 0.3) is 0 Å². The molecule has 2 atom stereocenters. The lowest BCUT2D eigenvalue weighted by atomic mass is 9.86. The maximum atomic E-state index is 13.8. The number of aliphatic hydroxyl groups excluding tert-OH is 1. The molecule has 0 aliphatic heterocycles. The number of aliphatic hydroxyl groups is 1. The Bertz CT molecular complexity index is 910. The number of rotatable bonds is 11. The molecule has 1 aliphatic carbocycles. The molecular formula is C27H36F2N2O2. The number of hydrogen-bond acceptors (Lipinski definition) is 3. The summed E-state index contributed by atoms with van der Waals surface area (Å²) in [4.78, 5) is 12.8. The van der Waals surface area contributed by atoms with Gasteiger partial charge in [-0.15, -0.1) is 0 Å². The summed E-state index contributed by atoms with van der Waals surface area (Å²) in [5.41, 5.74) is 1.67. The molecule has 0 spiro atoms. The van der Waals surface area contributed by atoms with Crippen LogP contribution < -0.4 is 10.6 Å². The minimum absolute atomic E-state index is 0.117. The van der Waals surface area contributed by atoms with Crippen molar-refractivity contribution in [1.29, 1.82) is 0 Å². The zero-order valence-electron chi connectivity index (χ0n) is 19.7. The molecule has 3 rings (SSSR count). The first-order chi connectivity index (χ1) is 15.8. The van der Waals surface area contributed by atoms with Crippen LogP contribution in [0.2, 0.25) is 0 Å². The number of amides is 1. The quantitative estimate of drug-likeness (QED) is 0.458. The molecule has 0 aromatic heterocycles. The van der Waals surface area contributed by atoms with Crippen LogP contribution in [0.15, 0.2) is 42.5 Å². The zero-order valence-corrected chi connectivity index (χ0v) is 19.7. The molecule has 1 unspecified atom stereocenters. The molecular weight excluding hydrogens is 422 g/mol. The van der Waals surface area contributed by atoms with E-state index in [0.29, 0.717) is 24.4 Å². The minimum Gasteiger partial charge on any atom is -0.389 e. The van der Waals surface area contributed by atoms with E-state index >= 15 is 0 Å². The fraction of sp³-hybridized carbons (Fsp3) is 0.519. The van der Waals surface area contributed by atoms with E-state index in [1.807, 2.05) is 12.1 Å². The Kier molecular flexibility index (Phi) is 8.98. The summed E-state index contributed by atoms with van der Waals surface area (Å²) >= 11 is 0. The number of hydrogen-bond donors (Lipinski definition) is 3. The highest BCUT2D eigenvalue weighted by atomic mass is 19.1. The van der Waals surface area contributed by atoms with Crippen LogP contribution in [0.1, 0.15) is 62.6 Å². The fourth-order valence-corrected chi connectivity index (χ4v) is 4.77. The van der Waals surface area contributed by atoms with Gasteiger partial charge in [-0.3, -0.25) is 4.79 Å². The lowest BCUT2D eigenvalue weighted by Crippen LogP contribution is -2.58. The van der Waals surface area contributed by atoms with Gasteiger partial charge in [0.15, 0.2) is 0 Å². The Balaban J connectivity index is 1.68. The van der Waals surface area contributed by atoms with Crippen LogP contribution >= 0.6 is 0 Å². The van der Waals surface area contributed by atoms with Gasteiger partial charge in [-0.25, -0.2) is 8.78 Å². The molecule has 1 fully saturated rings. The standard InChI is InChI=1S/C27H36F2N2O2/c1-3-19-9-6-10-21(11-19)17-30-18-25(32)27(2,16-22-12-23(28)15-24(29)13-22)31-26(33)14-20-7-4-5-8-20/h6,9-13,15,20,25,30,32H,3-5,7-8,14,16-18H2,1-2H3,(H,31,33)/t25-,27?/m1/s1. The van der Waals surface area contributed by atoms with Crippen molar-refractivity contribution >= 4 is 5.91 Å². The van der Waals surface area contributed by atoms with Crippen molar-refractivity contribution in [2.24, 2.45) is 5.92 Å². The van der Waals surface area contributed by atoms with Gasteiger partial charge in [0, 0.05) is 25.6 Å². The van der Waals surface area contributed by atoms with Gasteiger partial charge >= 0.3 is 0 Å². The number of halogens is 2. The molecule has 6 heteroatoms. The summed E-state index contributed by atoms with van der Waals surface area (Å²) in [6.07, 6.45) is 4.90. The first kappa shape index (κ1) is 25.3. The van der Waals surface area contributed by atoms with Crippen LogP contribution in [0.5, 0.6) is 0 Å². The number of carbonyl (C=O) groups excluding carboxylic acids is 1. The Morgan fingerprint density at radius 3 is 2.42 bits per heavy atom. The topological polar surface area (TPSA) is 61.4 Å². The van der Waals surface area contributed by atoms with Gasteiger partial charge in [-0.2, -0.15) is 0 Å². The normalized spacial score (nSPS) is 17.0. The lowest BCUT2D eigenvalue weighted by Gasteiger charge is -2.36. The smallest absolute Gasteiger partial charge is 0.220 e. The molecule has 0 heterocycles. The first-order valence-electron chi connectivity index (χ1n) is 12.0. The van der Waals surface area contributed by atoms with E-state index in [1.165, 1.54) is 17.7 Å². The van der Waals surface area contributed by atoms with Gasteiger partial charge in [0.2, 0.25) is 5.91 Å². The Morgan fingerprint density at radius 2 is 1.76 bits per heavy atom. The first-order valence-corrected chi connectivity index (χ1v) is 12.0. The molecule has 2 aromatic carbocycles. The van der Waals surface area contributed by atoms with E-state index in [0.717, 1.165) is 43.7 Å². The molecule has 1 aliphatic rings. The van der Waals surface area contributed by atoms with Crippen LogP contribution in [-0.2, 0) is 24.2 Å². The third-order valence-electron chi connectivity index (χ3n) is 6.67. The molecule has 0 radical (unpaired) electrons. The fourth-order valence-electron chi connectivity index (χ4n) is 4.77. The third kappa shape index (κ3) is 7.61. The monoisotopic (exact) mass is 458 g/mol. The lowest BCUT2D eigenvalue weighted by molar-refractivity contribution is -0.125. The second-order valence-electron chi connectivity index (χ2n) is 9.59. The summed E-state index contributed by atoms with van der Waals surface area (Å²) in [5.74, 6) is -1.11. The van der Waals surface area contributed by atoms with Crippen LogP contribution in [0.3, 0.4) is 0 Å². The summed E-state index contributed by atoms with van der Waals surface area (Å²) in [6, 6.07) is 11.6. The Labute approximate surface area is 195 Å². The van der Waals surface area contributed by atoms with Crippen molar-refractivity contribution in [3.05, 3.63) is 70.8 Å². The second-order valence-corrected chi connectivity index (χ2v) is 9.59. The molecule has 3 N–H and O–H groups in total. The molecule has 1 saturated carbocycles. The van der Waals surface area contributed by atoms with Crippen molar-refractivity contribution in [2.45, 2.75) is 77.0 Å². The highest BCUT2D eigenvalue weighted by Gasteiger charge is 2.35. The summed E-state index contributed by atoms with van der Waals surface area (Å²) in [5, 5.41) is 17.4. The molecule has 4 nitrogen and oxygen atoms in total. The SMILES string of the molecule is CCc1cccc(CNC[C@@H](O)C(C)(Cc2cc(F)cc(F)c2)NC(=O)CC2CCCC2)c1. The Morgan fingerprint density at radius 1 is 1.09 bits per heavy atom. The van der Waals surface area contributed by atoms with Crippen molar-refractivity contribution in [2.75, 3.05) is 6.54 Å². The molecule has 0 saturated heterocycles. The number of benzene rings is 2. The van der Waals surface area contributed by atoms with E-state index in [2.05, 4.69) is 29.7 Å². The van der Waals surface area contributed by atoms with Crippen LogP contribution in [0.25, 0.3) is 0 Å². The molecule has 2 aromatic rings. The maximum absolute atomic E-state index is 13.8. The highest BCUT2D eigenvalue weighted by Crippen LogP contribution is 2.28. The highest BCUT2D eigenvalue weighted by molar-refractivity contribution is 5.77. The zero-order chi connectivity index (χ0) is 23.8. The maximum Gasteiger partial charge on any atom is 0.220 e. The number of carbonyl (C=O) groups is 1. The Hall–Kier alpha value is -2.31. The average molecular weight is 459 g/mol. The average Bonchev–Trinajstić information content (AvgIpc) is 3.25. The van der Waals surface area contributed by atoms with Crippen molar-refractivity contribution in [1.82, 2.24) is 10.6 Å². The largest absolute Gasteiger partial charge is 0.389 e. The van der Waals surface area contributed by atoms with E-state index < -0.39 is 23.3 Å². The summed E-state index contributed by atoms with van der Waals surface area (Å²) in [7, 11) is 0.